The Balaban J connectivity index is 1.94. The van der Waals surface area contributed by atoms with E-state index in [0.29, 0.717) is 10.7 Å². The fraction of sp³-hybridized carbons (Fsp3) is 0.188. The smallest absolute Gasteiger partial charge is 0.243 e. The summed E-state index contributed by atoms with van der Waals surface area (Å²) in [5, 5.41) is 6.37. The molecule has 2 aromatic rings. The third-order valence-corrected chi connectivity index (χ3v) is 4.56. The van der Waals surface area contributed by atoms with Gasteiger partial charge < -0.3 is 10.6 Å². The fourth-order valence-corrected chi connectivity index (χ4v) is 2.85. The Labute approximate surface area is 140 Å². The van der Waals surface area contributed by atoms with Gasteiger partial charge in [-0.05, 0) is 55.0 Å². The van der Waals surface area contributed by atoms with Crippen molar-refractivity contribution in [2.24, 2.45) is 0 Å². The van der Waals surface area contributed by atoms with Crippen molar-refractivity contribution in [2.75, 3.05) is 23.4 Å². The highest BCUT2D eigenvalue weighted by Gasteiger charge is 2.08. The van der Waals surface area contributed by atoms with Gasteiger partial charge in [0.05, 0.1) is 11.4 Å². The van der Waals surface area contributed by atoms with Crippen molar-refractivity contribution in [2.45, 2.75) is 11.8 Å². The second-order valence-corrected chi connectivity index (χ2v) is 7.61. The van der Waals surface area contributed by atoms with E-state index < -0.39 is 9.84 Å². The number of aryl methyl sites for hydroxylation is 1. The molecule has 7 heteroatoms. The molecular formula is C16H17ClN2O3S. The lowest BCUT2D eigenvalue weighted by Gasteiger charge is -2.10. The third-order valence-electron chi connectivity index (χ3n) is 3.19. The summed E-state index contributed by atoms with van der Waals surface area (Å²) in [6, 6.07) is 11.4. The van der Waals surface area contributed by atoms with Gasteiger partial charge in [-0.15, -0.1) is 0 Å². The first kappa shape index (κ1) is 17.3. The van der Waals surface area contributed by atoms with Crippen molar-refractivity contribution in [3.8, 4) is 0 Å². The number of hydrogen-bond donors (Lipinski definition) is 2. The van der Waals surface area contributed by atoms with Crippen molar-refractivity contribution in [3.05, 3.63) is 53.1 Å². The molecule has 0 bridgehead atoms. The Hall–Kier alpha value is -2.05. The van der Waals surface area contributed by atoms with Crippen molar-refractivity contribution in [1.29, 1.82) is 0 Å². The molecular weight excluding hydrogens is 336 g/mol. The molecule has 0 atom stereocenters. The monoisotopic (exact) mass is 352 g/mol. The average molecular weight is 353 g/mol. The number of carbonyl (C=O) groups excluding carboxylic acids is 1. The van der Waals surface area contributed by atoms with Gasteiger partial charge in [0.2, 0.25) is 5.91 Å². The zero-order chi connectivity index (χ0) is 17.0. The van der Waals surface area contributed by atoms with Gasteiger partial charge >= 0.3 is 0 Å². The maximum Gasteiger partial charge on any atom is 0.243 e. The van der Waals surface area contributed by atoms with Crippen molar-refractivity contribution in [3.63, 3.8) is 0 Å². The highest BCUT2D eigenvalue weighted by molar-refractivity contribution is 7.90. The SMILES string of the molecule is Cc1cc(Cl)ccc1NCC(=O)Nc1ccc(S(C)(=O)=O)cc1. The summed E-state index contributed by atoms with van der Waals surface area (Å²) in [6.07, 6.45) is 1.14. The van der Waals surface area contributed by atoms with Crippen molar-refractivity contribution in [1.82, 2.24) is 0 Å². The van der Waals surface area contributed by atoms with E-state index in [0.717, 1.165) is 17.5 Å². The minimum atomic E-state index is -3.24. The molecule has 2 N–H and O–H groups in total. The highest BCUT2D eigenvalue weighted by Crippen LogP contribution is 2.19. The van der Waals surface area contributed by atoms with Crippen LogP contribution in [0.1, 0.15) is 5.56 Å². The molecule has 0 fully saturated rings. The maximum absolute atomic E-state index is 11.9. The van der Waals surface area contributed by atoms with E-state index in [-0.39, 0.29) is 17.3 Å². The lowest BCUT2D eigenvalue weighted by Crippen LogP contribution is -2.22. The van der Waals surface area contributed by atoms with Gasteiger partial charge in [-0.25, -0.2) is 8.42 Å². The molecule has 0 heterocycles. The molecule has 0 aliphatic rings. The summed E-state index contributed by atoms with van der Waals surface area (Å²) in [7, 11) is -3.24. The molecule has 2 rings (SSSR count). The third kappa shape index (κ3) is 4.97. The first-order valence-corrected chi connectivity index (χ1v) is 9.12. The van der Waals surface area contributed by atoms with Gasteiger partial charge in [0.25, 0.3) is 0 Å². The summed E-state index contributed by atoms with van der Waals surface area (Å²) in [6.45, 7) is 1.99. The molecule has 23 heavy (non-hydrogen) atoms. The lowest BCUT2D eigenvalue weighted by atomic mass is 10.2. The number of halogens is 1. The van der Waals surface area contributed by atoms with Crippen LogP contribution >= 0.6 is 11.6 Å². The van der Waals surface area contributed by atoms with Gasteiger partial charge in [0.1, 0.15) is 0 Å². The second kappa shape index (κ2) is 7.02. The van der Waals surface area contributed by atoms with Crippen LogP contribution in [0.2, 0.25) is 5.02 Å². The first-order chi connectivity index (χ1) is 10.8. The number of benzene rings is 2. The summed E-state index contributed by atoms with van der Waals surface area (Å²) < 4.78 is 22.7. The maximum atomic E-state index is 11.9. The first-order valence-electron chi connectivity index (χ1n) is 6.86. The molecule has 0 unspecified atom stereocenters. The van der Waals surface area contributed by atoms with Gasteiger partial charge in [0, 0.05) is 22.7 Å². The van der Waals surface area contributed by atoms with E-state index in [1.54, 1.807) is 18.2 Å². The number of amides is 1. The van der Waals surface area contributed by atoms with E-state index in [1.165, 1.54) is 12.1 Å². The molecule has 2 aromatic carbocycles. The zero-order valence-corrected chi connectivity index (χ0v) is 14.3. The molecule has 0 aliphatic carbocycles. The molecule has 0 saturated heterocycles. The van der Waals surface area contributed by atoms with Crippen LogP contribution in [0.5, 0.6) is 0 Å². The lowest BCUT2D eigenvalue weighted by molar-refractivity contribution is -0.114. The Morgan fingerprint density at radius 3 is 2.35 bits per heavy atom. The summed E-state index contributed by atoms with van der Waals surface area (Å²) >= 11 is 5.88. The normalized spacial score (nSPS) is 11.1. The van der Waals surface area contributed by atoms with Crippen LogP contribution in [-0.4, -0.2) is 27.1 Å². The molecule has 0 saturated carbocycles. The number of rotatable bonds is 5. The number of hydrogen-bond acceptors (Lipinski definition) is 4. The molecule has 1 amide bonds. The van der Waals surface area contributed by atoms with Crippen molar-refractivity contribution >= 4 is 38.7 Å². The van der Waals surface area contributed by atoms with Gasteiger partial charge in [-0.1, -0.05) is 11.6 Å². The molecule has 5 nitrogen and oxygen atoms in total. The topological polar surface area (TPSA) is 75.3 Å². The molecule has 0 aliphatic heterocycles. The van der Waals surface area contributed by atoms with E-state index in [9.17, 15) is 13.2 Å². The van der Waals surface area contributed by atoms with Gasteiger partial charge in [-0.3, -0.25) is 4.79 Å². The number of anilines is 2. The molecule has 0 aromatic heterocycles. The van der Waals surface area contributed by atoms with E-state index in [2.05, 4.69) is 10.6 Å². The van der Waals surface area contributed by atoms with E-state index in [4.69, 9.17) is 11.6 Å². The summed E-state index contributed by atoms with van der Waals surface area (Å²) in [5.74, 6) is -0.230. The van der Waals surface area contributed by atoms with Crippen LogP contribution in [0.3, 0.4) is 0 Å². The largest absolute Gasteiger partial charge is 0.376 e. The van der Waals surface area contributed by atoms with Crippen LogP contribution in [0.4, 0.5) is 11.4 Å². The highest BCUT2D eigenvalue weighted by atomic mass is 35.5. The zero-order valence-electron chi connectivity index (χ0n) is 12.8. The summed E-state index contributed by atoms with van der Waals surface area (Å²) in [4.78, 5) is 12.1. The quantitative estimate of drug-likeness (QED) is 0.867. The number of sulfone groups is 1. The Bertz CT molecular complexity index is 818. The Morgan fingerprint density at radius 2 is 1.78 bits per heavy atom. The number of nitrogens with one attached hydrogen (secondary N) is 2. The standard InChI is InChI=1S/C16H17ClN2O3S/c1-11-9-12(17)3-8-15(11)18-10-16(20)19-13-4-6-14(7-5-13)23(2,21)22/h3-9,18H,10H2,1-2H3,(H,19,20). The van der Waals surface area contributed by atoms with Crippen LogP contribution in [0.25, 0.3) is 0 Å². The molecule has 0 radical (unpaired) electrons. The van der Waals surface area contributed by atoms with Crippen molar-refractivity contribution < 1.29 is 13.2 Å². The predicted molar refractivity (Wildman–Crippen MR) is 92.9 cm³/mol. The summed E-state index contributed by atoms with van der Waals surface area (Å²) in [5.41, 5.74) is 2.32. The van der Waals surface area contributed by atoms with Crippen LogP contribution < -0.4 is 10.6 Å². The predicted octanol–water partition coefficient (Wildman–Crippen LogP) is 3.10. The van der Waals surface area contributed by atoms with Gasteiger partial charge in [-0.2, -0.15) is 0 Å². The Kier molecular flexibility index (Phi) is 5.28. The molecule has 0 spiro atoms. The van der Waals surface area contributed by atoms with Gasteiger partial charge in [0.15, 0.2) is 9.84 Å². The number of carbonyl (C=O) groups is 1. The van der Waals surface area contributed by atoms with Crippen LogP contribution in [0, 0.1) is 6.92 Å². The Morgan fingerprint density at radius 1 is 1.13 bits per heavy atom. The molecule has 122 valence electrons. The van der Waals surface area contributed by atoms with E-state index >= 15 is 0 Å². The fourth-order valence-electron chi connectivity index (χ4n) is 1.99. The van der Waals surface area contributed by atoms with E-state index in [1.807, 2.05) is 19.1 Å². The minimum absolute atomic E-state index is 0.0936. The second-order valence-electron chi connectivity index (χ2n) is 5.16. The van der Waals surface area contributed by atoms with Crippen LogP contribution in [-0.2, 0) is 14.6 Å². The average Bonchev–Trinajstić information content (AvgIpc) is 2.46. The van der Waals surface area contributed by atoms with Crippen LogP contribution in [0.15, 0.2) is 47.4 Å². The minimum Gasteiger partial charge on any atom is -0.376 e.